The summed E-state index contributed by atoms with van der Waals surface area (Å²) in [5.74, 6) is -0.944. The molecule has 1 N–H and O–H groups in total. The standard InChI is InChI=1S/C21H21N3O3/c1-14-15(7-5-8-16(14)21(26)27)18-9-6-10-19-17(13-22-24(18)19)20(25)23-11-3-2-4-12-23/h5-10,13H,2-4,11-12H2,1H3,(H,26,27). The molecule has 1 amide bonds. The van der Waals surface area contributed by atoms with Gasteiger partial charge in [0.15, 0.2) is 0 Å². The molecule has 3 aromatic rings. The van der Waals surface area contributed by atoms with E-state index in [4.69, 9.17) is 0 Å². The number of pyridine rings is 1. The van der Waals surface area contributed by atoms with Gasteiger partial charge in [0.2, 0.25) is 0 Å². The summed E-state index contributed by atoms with van der Waals surface area (Å²) in [5.41, 5.74) is 3.83. The third kappa shape index (κ3) is 2.97. The third-order valence-corrected chi connectivity index (χ3v) is 5.26. The van der Waals surface area contributed by atoms with E-state index in [1.165, 1.54) is 6.42 Å². The molecule has 6 heteroatoms. The summed E-state index contributed by atoms with van der Waals surface area (Å²) < 4.78 is 1.73. The van der Waals surface area contributed by atoms with Crippen molar-refractivity contribution < 1.29 is 14.7 Å². The van der Waals surface area contributed by atoms with Crippen molar-refractivity contribution in [3.63, 3.8) is 0 Å². The predicted molar refractivity (Wildman–Crippen MR) is 102 cm³/mol. The molecule has 0 saturated carbocycles. The van der Waals surface area contributed by atoms with E-state index in [-0.39, 0.29) is 11.5 Å². The normalized spacial score (nSPS) is 14.5. The Balaban J connectivity index is 1.81. The van der Waals surface area contributed by atoms with Crippen molar-refractivity contribution in [2.75, 3.05) is 13.1 Å². The Morgan fingerprint density at radius 2 is 1.74 bits per heavy atom. The van der Waals surface area contributed by atoms with Crippen molar-refractivity contribution in [1.29, 1.82) is 0 Å². The highest BCUT2D eigenvalue weighted by atomic mass is 16.4. The van der Waals surface area contributed by atoms with Crippen LogP contribution >= 0.6 is 0 Å². The Hall–Kier alpha value is -3.15. The summed E-state index contributed by atoms with van der Waals surface area (Å²) in [6, 6.07) is 10.9. The number of piperidine rings is 1. The number of rotatable bonds is 3. The monoisotopic (exact) mass is 363 g/mol. The number of aromatic nitrogens is 2. The van der Waals surface area contributed by atoms with Crippen molar-refractivity contribution >= 4 is 17.4 Å². The van der Waals surface area contributed by atoms with Gasteiger partial charge in [-0.3, -0.25) is 4.79 Å². The maximum absolute atomic E-state index is 12.9. The van der Waals surface area contributed by atoms with Crippen molar-refractivity contribution in [3.05, 3.63) is 59.3 Å². The van der Waals surface area contributed by atoms with Crippen LogP contribution in [0, 0.1) is 6.92 Å². The summed E-state index contributed by atoms with van der Waals surface area (Å²) in [5, 5.41) is 13.8. The molecule has 1 aromatic carbocycles. The molecule has 6 nitrogen and oxygen atoms in total. The summed E-state index contributed by atoms with van der Waals surface area (Å²) >= 11 is 0. The van der Waals surface area contributed by atoms with Crippen LogP contribution in [0.5, 0.6) is 0 Å². The van der Waals surface area contributed by atoms with Crippen LogP contribution in [0.15, 0.2) is 42.6 Å². The molecule has 1 saturated heterocycles. The van der Waals surface area contributed by atoms with Crippen molar-refractivity contribution in [3.8, 4) is 11.3 Å². The fraction of sp³-hybridized carbons (Fsp3) is 0.286. The lowest BCUT2D eigenvalue weighted by Gasteiger charge is -2.26. The molecule has 138 valence electrons. The summed E-state index contributed by atoms with van der Waals surface area (Å²) in [6.45, 7) is 3.37. The largest absolute Gasteiger partial charge is 0.478 e. The number of fused-ring (bicyclic) bond motifs is 1. The van der Waals surface area contributed by atoms with E-state index in [2.05, 4.69) is 5.10 Å². The zero-order chi connectivity index (χ0) is 19.0. The number of benzene rings is 1. The lowest BCUT2D eigenvalue weighted by Crippen LogP contribution is -2.35. The van der Waals surface area contributed by atoms with Crippen molar-refractivity contribution in [2.24, 2.45) is 0 Å². The molecule has 0 spiro atoms. The molecular formula is C21H21N3O3. The molecule has 1 aliphatic rings. The Morgan fingerprint density at radius 3 is 2.48 bits per heavy atom. The molecule has 27 heavy (non-hydrogen) atoms. The number of amides is 1. The number of carboxylic acid groups (broad SMARTS) is 1. The predicted octanol–water partition coefficient (Wildman–Crippen LogP) is 3.63. The van der Waals surface area contributed by atoms with Gasteiger partial charge in [-0.05, 0) is 49.9 Å². The minimum Gasteiger partial charge on any atom is -0.478 e. The second-order valence-electron chi connectivity index (χ2n) is 6.90. The van der Waals surface area contributed by atoms with Crippen LogP contribution in [0.1, 0.15) is 45.5 Å². The van der Waals surface area contributed by atoms with E-state index >= 15 is 0 Å². The topological polar surface area (TPSA) is 74.9 Å². The second-order valence-corrected chi connectivity index (χ2v) is 6.90. The minimum absolute atomic E-state index is 0.0119. The Bertz CT molecular complexity index is 1030. The van der Waals surface area contributed by atoms with Crippen LogP contribution in [-0.4, -0.2) is 44.6 Å². The molecule has 0 aliphatic carbocycles. The fourth-order valence-electron chi connectivity index (χ4n) is 3.79. The van der Waals surface area contributed by atoms with Crippen LogP contribution in [0.4, 0.5) is 0 Å². The van der Waals surface area contributed by atoms with E-state index in [9.17, 15) is 14.7 Å². The van der Waals surface area contributed by atoms with E-state index in [0.29, 0.717) is 11.1 Å². The second kappa shape index (κ2) is 6.87. The molecule has 4 rings (SSSR count). The number of nitrogens with zero attached hydrogens (tertiary/aromatic N) is 3. The van der Waals surface area contributed by atoms with Crippen LogP contribution in [0.2, 0.25) is 0 Å². The number of aromatic carboxylic acids is 1. The molecule has 0 atom stereocenters. The number of hydrogen-bond donors (Lipinski definition) is 1. The van der Waals surface area contributed by atoms with Gasteiger partial charge in [-0.15, -0.1) is 0 Å². The van der Waals surface area contributed by atoms with Gasteiger partial charge < -0.3 is 10.0 Å². The number of likely N-dealkylation sites (tertiary alicyclic amines) is 1. The maximum atomic E-state index is 12.9. The van der Waals surface area contributed by atoms with Gasteiger partial charge in [0.1, 0.15) is 0 Å². The highest BCUT2D eigenvalue weighted by molar-refractivity contribution is 6.01. The first-order valence-corrected chi connectivity index (χ1v) is 9.17. The van der Waals surface area contributed by atoms with Gasteiger partial charge in [-0.25, -0.2) is 9.31 Å². The quantitative estimate of drug-likeness (QED) is 0.771. The Labute approximate surface area is 157 Å². The highest BCUT2D eigenvalue weighted by Crippen LogP contribution is 2.28. The lowest BCUT2D eigenvalue weighted by atomic mass is 9.99. The molecular weight excluding hydrogens is 342 g/mol. The molecule has 0 unspecified atom stereocenters. The molecule has 2 aromatic heterocycles. The van der Waals surface area contributed by atoms with Gasteiger partial charge in [-0.1, -0.05) is 18.2 Å². The Morgan fingerprint density at radius 1 is 1.00 bits per heavy atom. The number of hydrogen-bond acceptors (Lipinski definition) is 3. The zero-order valence-corrected chi connectivity index (χ0v) is 15.2. The fourth-order valence-corrected chi connectivity index (χ4v) is 3.79. The Kier molecular flexibility index (Phi) is 4.39. The first kappa shape index (κ1) is 17.3. The summed E-state index contributed by atoms with van der Waals surface area (Å²) in [4.78, 5) is 26.3. The van der Waals surface area contributed by atoms with Gasteiger partial charge in [-0.2, -0.15) is 5.10 Å². The van der Waals surface area contributed by atoms with Gasteiger partial charge in [0.05, 0.1) is 28.5 Å². The minimum atomic E-state index is -0.956. The average molecular weight is 363 g/mol. The van der Waals surface area contributed by atoms with Gasteiger partial charge >= 0.3 is 5.97 Å². The molecule has 3 heterocycles. The number of carboxylic acids is 1. The summed E-state index contributed by atoms with van der Waals surface area (Å²) in [7, 11) is 0. The van der Waals surface area contributed by atoms with E-state index in [1.54, 1.807) is 29.8 Å². The smallest absolute Gasteiger partial charge is 0.335 e. The molecule has 1 aliphatic heterocycles. The van der Waals surface area contributed by atoms with Gasteiger partial charge in [0, 0.05) is 18.7 Å². The van der Waals surface area contributed by atoms with Crippen LogP contribution in [0.25, 0.3) is 16.8 Å². The first-order chi connectivity index (χ1) is 13.1. The van der Waals surface area contributed by atoms with Crippen LogP contribution in [-0.2, 0) is 0 Å². The molecule has 1 fully saturated rings. The van der Waals surface area contributed by atoms with E-state index in [0.717, 1.165) is 42.7 Å². The van der Waals surface area contributed by atoms with E-state index in [1.807, 2.05) is 29.2 Å². The average Bonchev–Trinajstić information content (AvgIpc) is 3.12. The van der Waals surface area contributed by atoms with Crippen molar-refractivity contribution in [1.82, 2.24) is 14.5 Å². The number of carbonyl (C=O) groups is 2. The van der Waals surface area contributed by atoms with E-state index < -0.39 is 5.97 Å². The summed E-state index contributed by atoms with van der Waals surface area (Å²) in [6.07, 6.45) is 4.86. The van der Waals surface area contributed by atoms with Crippen LogP contribution < -0.4 is 0 Å². The third-order valence-electron chi connectivity index (χ3n) is 5.26. The first-order valence-electron chi connectivity index (χ1n) is 9.17. The van der Waals surface area contributed by atoms with Crippen LogP contribution in [0.3, 0.4) is 0 Å². The molecule has 0 bridgehead atoms. The lowest BCUT2D eigenvalue weighted by molar-refractivity contribution is 0.0693. The zero-order valence-electron chi connectivity index (χ0n) is 15.2. The number of carbonyl (C=O) groups excluding carboxylic acids is 1. The SMILES string of the molecule is Cc1c(C(=O)O)cccc1-c1cccc2c(C(=O)N3CCCCC3)cnn12. The maximum Gasteiger partial charge on any atom is 0.335 e. The van der Waals surface area contributed by atoms with Crippen molar-refractivity contribution in [2.45, 2.75) is 26.2 Å². The molecule has 0 radical (unpaired) electrons. The highest BCUT2D eigenvalue weighted by Gasteiger charge is 2.22. The van der Waals surface area contributed by atoms with Gasteiger partial charge in [0.25, 0.3) is 5.91 Å².